The highest BCUT2D eigenvalue weighted by Gasteiger charge is 2.24. The summed E-state index contributed by atoms with van der Waals surface area (Å²) in [6, 6.07) is 12.5. The molecule has 1 heterocycles. The second-order valence-corrected chi connectivity index (χ2v) is 12.8. The fraction of sp³-hybridized carbons (Fsp3) is 0.429. The van der Waals surface area contributed by atoms with Gasteiger partial charge in [0.1, 0.15) is 11.3 Å². The summed E-state index contributed by atoms with van der Waals surface area (Å²) in [6.07, 6.45) is 2.32. The van der Waals surface area contributed by atoms with E-state index < -0.39 is 22.4 Å². The van der Waals surface area contributed by atoms with E-state index in [0.717, 1.165) is 16.5 Å². The van der Waals surface area contributed by atoms with Crippen molar-refractivity contribution >= 4 is 28.9 Å². The molecule has 8 nitrogen and oxygen atoms in total. The molecule has 0 atom stereocenters. The van der Waals surface area contributed by atoms with Crippen molar-refractivity contribution in [1.82, 2.24) is 0 Å². The highest BCUT2D eigenvalue weighted by molar-refractivity contribution is 5.87. The standard InChI is InChI=1S/C35H42O8/c1-22(2)30(36)40-17-10-12-25-19-23(11-9-18-41-32(38)34(3,4)5)20-26-21-28(31(37)43-29(25)26)24-13-15-27(16-14-24)42-33(39)35(6,7)8/h13-16,19-21H,1,9-12,17-18H2,2-8H3. The summed E-state index contributed by atoms with van der Waals surface area (Å²) in [4.78, 5) is 49.3. The lowest BCUT2D eigenvalue weighted by molar-refractivity contribution is -0.153. The Labute approximate surface area is 253 Å². The minimum atomic E-state index is -0.645. The van der Waals surface area contributed by atoms with Crippen LogP contribution in [0.5, 0.6) is 5.75 Å². The zero-order valence-electron chi connectivity index (χ0n) is 26.3. The maximum Gasteiger partial charge on any atom is 0.344 e. The third-order valence-electron chi connectivity index (χ3n) is 6.58. The van der Waals surface area contributed by atoms with Crippen molar-refractivity contribution in [2.45, 2.75) is 74.1 Å². The van der Waals surface area contributed by atoms with Crippen molar-refractivity contribution in [3.63, 3.8) is 0 Å². The molecule has 3 rings (SSSR count). The van der Waals surface area contributed by atoms with Gasteiger partial charge in [0.05, 0.1) is 29.6 Å². The van der Waals surface area contributed by atoms with Gasteiger partial charge in [0.2, 0.25) is 0 Å². The molecule has 43 heavy (non-hydrogen) atoms. The van der Waals surface area contributed by atoms with Gasteiger partial charge in [-0.15, -0.1) is 0 Å². The first kappa shape index (κ1) is 33.3. The van der Waals surface area contributed by atoms with E-state index in [4.69, 9.17) is 18.6 Å². The maximum absolute atomic E-state index is 13.1. The number of fused-ring (bicyclic) bond motifs is 1. The van der Waals surface area contributed by atoms with Crippen molar-refractivity contribution in [3.05, 3.63) is 76.2 Å². The Bertz CT molecular complexity index is 1550. The molecule has 0 spiro atoms. The highest BCUT2D eigenvalue weighted by Crippen LogP contribution is 2.28. The van der Waals surface area contributed by atoms with Gasteiger partial charge < -0.3 is 18.6 Å². The third-order valence-corrected chi connectivity index (χ3v) is 6.58. The number of hydrogen-bond donors (Lipinski definition) is 0. The molecule has 0 bridgehead atoms. The number of carbonyl (C=O) groups is 3. The first-order chi connectivity index (χ1) is 20.1. The van der Waals surface area contributed by atoms with Gasteiger partial charge in [0, 0.05) is 11.0 Å². The Morgan fingerprint density at radius 2 is 1.42 bits per heavy atom. The molecule has 3 aromatic rings. The molecule has 0 unspecified atom stereocenters. The predicted molar refractivity (Wildman–Crippen MR) is 166 cm³/mol. The Morgan fingerprint density at radius 3 is 2.02 bits per heavy atom. The molecule has 230 valence electrons. The molecule has 8 heteroatoms. The van der Waals surface area contributed by atoms with Gasteiger partial charge in [-0.3, -0.25) is 9.59 Å². The Hall–Kier alpha value is -4.20. The Kier molecular flexibility index (Phi) is 10.7. The summed E-state index contributed by atoms with van der Waals surface area (Å²) in [5, 5.41) is 0.746. The van der Waals surface area contributed by atoms with Gasteiger partial charge in [-0.25, -0.2) is 9.59 Å². The molecule has 0 amide bonds. The molecule has 0 aliphatic rings. The monoisotopic (exact) mass is 590 g/mol. The van der Waals surface area contributed by atoms with Crippen LogP contribution in [0, 0.1) is 10.8 Å². The molecule has 0 fully saturated rings. The topological polar surface area (TPSA) is 109 Å². The van der Waals surface area contributed by atoms with Gasteiger partial charge >= 0.3 is 23.5 Å². The molecule has 1 aromatic heterocycles. The van der Waals surface area contributed by atoms with E-state index in [9.17, 15) is 19.2 Å². The molecule has 0 aliphatic carbocycles. The SMILES string of the molecule is C=C(C)C(=O)OCCCc1cc(CCCOC(=O)C(C)(C)C)cc2cc(-c3ccc(OC(=O)C(C)(C)C)cc3)c(=O)oc12. The van der Waals surface area contributed by atoms with E-state index in [1.54, 1.807) is 58.0 Å². The quantitative estimate of drug-likeness (QED) is 0.0773. The van der Waals surface area contributed by atoms with Crippen LogP contribution in [0.2, 0.25) is 0 Å². The van der Waals surface area contributed by atoms with E-state index in [2.05, 4.69) is 6.58 Å². The second kappa shape index (κ2) is 13.8. The molecule has 0 radical (unpaired) electrons. The number of benzene rings is 2. The fourth-order valence-corrected chi connectivity index (χ4v) is 4.08. The minimum absolute atomic E-state index is 0.203. The van der Waals surface area contributed by atoms with Crippen LogP contribution in [-0.4, -0.2) is 31.1 Å². The van der Waals surface area contributed by atoms with Gasteiger partial charge in [-0.05, 0) is 115 Å². The molecule has 0 saturated heterocycles. The fourth-order valence-electron chi connectivity index (χ4n) is 4.08. The number of hydrogen-bond acceptors (Lipinski definition) is 8. The van der Waals surface area contributed by atoms with Gasteiger partial charge in [0.25, 0.3) is 0 Å². The molecular formula is C35H42O8. The van der Waals surface area contributed by atoms with Crippen LogP contribution >= 0.6 is 0 Å². The predicted octanol–water partition coefficient (Wildman–Crippen LogP) is 6.99. The average molecular weight is 591 g/mol. The van der Waals surface area contributed by atoms with Gasteiger partial charge in [0.15, 0.2) is 0 Å². The van der Waals surface area contributed by atoms with Crippen LogP contribution in [0.25, 0.3) is 22.1 Å². The third kappa shape index (κ3) is 9.40. The van der Waals surface area contributed by atoms with Crippen molar-refractivity contribution in [1.29, 1.82) is 0 Å². The summed E-state index contributed by atoms with van der Waals surface area (Å²) in [6.45, 7) is 16.5. The first-order valence-corrected chi connectivity index (χ1v) is 14.5. The molecule has 0 aliphatic heterocycles. The van der Waals surface area contributed by atoms with Crippen molar-refractivity contribution in [2.24, 2.45) is 10.8 Å². The van der Waals surface area contributed by atoms with Crippen molar-refractivity contribution in [3.8, 4) is 16.9 Å². The van der Waals surface area contributed by atoms with Crippen LogP contribution in [0.15, 0.2) is 63.8 Å². The van der Waals surface area contributed by atoms with Crippen LogP contribution < -0.4 is 10.4 Å². The minimum Gasteiger partial charge on any atom is -0.465 e. The summed E-state index contributed by atoms with van der Waals surface area (Å²) in [7, 11) is 0. The molecule has 0 saturated carbocycles. The number of ether oxygens (including phenoxy) is 3. The average Bonchev–Trinajstić information content (AvgIpc) is 2.92. The summed E-state index contributed by atoms with van der Waals surface area (Å²) < 4.78 is 22.0. The van der Waals surface area contributed by atoms with Crippen LogP contribution in [0.4, 0.5) is 0 Å². The lowest BCUT2D eigenvalue weighted by Gasteiger charge is -2.16. The zero-order chi connectivity index (χ0) is 31.9. The lowest BCUT2D eigenvalue weighted by atomic mass is 9.97. The van der Waals surface area contributed by atoms with Crippen molar-refractivity contribution in [2.75, 3.05) is 13.2 Å². The highest BCUT2D eigenvalue weighted by atomic mass is 16.5. The zero-order valence-corrected chi connectivity index (χ0v) is 26.3. The number of rotatable bonds is 11. The van der Waals surface area contributed by atoms with Gasteiger partial charge in [-0.1, -0.05) is 24.8 Å². The number of carbonyl (C=O) groups excluding carboxylic acids is 3. The Morgan fingerprint density at radius 1 is 0.814 bits per heavy atom. The van der Waals surface area contributed by atoms with E-state index in [1.807, 2.05) is 32.9 Å². The molecule has 0 N–H and O–H groups in total. The van der Waals surface area contributed by atoms with E-state index in [1.165, 1.54) is 0 Å². The summed E-state index contributed by atoms with van der Waals surface area (Å²) in [5.74, 6) is -0.661. The normalized spacial score (nSPS) is 11.7. The van der Waals surface area contributed by atoms with E-state index in [0.29, 0.717) is 60.3 Å². The smallest absolute Gasteiger partial charge is 0.344 e. The van der Waals surface area contributed by atoms with Gasteiger partial charge in [-0.2, -0.15) is 0 Å². The Balaban J connectivity index is 1.88. The number of esters is 3. The van der Waals surface area contributed by atoms with E-state index in [-0.39, 0.29) is 18.5 Å². The first-order valence-electron chi connectivity index (χ1n) is 14.5. The second-order valence-electron chi connectivity index (χ2n) is 12.8. The largest absolute Gasteiger partial charge is 0.465 e. The van der Waals surface area contributed by atoms with Crippen LogP contribution in [0.3, 0.4) is 0 Å². The maximum atomic E-state index is 13.1. The molecule has 2 aromatic carbocycles. The molecular weight excluding hydrogens is 548 g/mol. The van der Waals surface area contributed by atoms with Crippen molar-refractivity contribution < 1.29 is 33.0 Å². The summed E-state index contributed by atoms with van der Waals surface area (Å²) in [5.41, 5.74) is 1.91. The van der Waals surface area contributed by atoms with Crippen LogP contribution in [-0.2, 0) is 36.7 Å². The summed E-state index contributed by atoms with van der Waals surface area (Å²) >= 11 is 0. The van der Waals surface area contributed by atoms with E-state index >= 15 is 0 Å². The van der Waals surface area contributed by atoms with Crippen LogP contribution in [0.1, 0.15) is 72.4 Å². The number of aryl methyl sites for hydroxylation is 2. The lowest BCUT2D eigenvalue weighted by Crippen LogP contribution is -2.25.